The summed E-state index contributed by atoms with van der Waals surface area (Å²) in [5.41, 5.74) is 1.80. The summed E-state index contributed by atoms with van der Waals surface area (Å²) in [7, 11) is 0. The van der Waals surface area contributed by atoms with Crippen LogP contribution in [0.25, 0.3) is 12.2 Å². The molecule has 0 spiro atoms. The molecule has 104 valence electrons. The maximum Gasteiger partial charge on any atom is 0.374 e. The molecule has 0 bridgehead atoms. The zero-order chi connectivity index (χ0) is 14.4. The summed E-state index contributed by atoms with van der Waals surface area (Å²) < 4.78 is 10.5. The van der Waals surface area contributed by atoms with Crippen LogP contribution in [-0.2, 0) is 4.74 Å². The van der Waals surface area contributed by atoms with Gasteiger partial charge in [-0.05, 0) is 24.8 Å². The number of rotatable bonds is 5. The van der Waals surface area contributed by atoms with Crippen molar-refractivity contribution in [1.82, 2.24) is 0 Å². The van der Waals surface area contributed by atoms with Gasteiger partial charge in [-0.25, -0.2) is 4.79 Å². The van der Waals surface area contributed by atoms with E-state index in [1.807, 2.05) is 54.8 Å². The smallest absolute Gasteiger partial charge is 0.374 e. The standard InChI is InChI=1S/C16H16O3S/c1-3-18-16(17)15-13(11-14(19-15)20-2)10-9-12-7-5-4-6-8-12/h4-11H,3H2,1-2H3/b10-9+. The Morgan fingerprint density at radius 1 is 1.30 bits per heavy atom. The molecule has 0 amide bonds. The maximum atomic E-state index is 11.8. The first-order chi connectivity index (χ1) is 9.74. The average Bonchev–Trinajstić information content (AvgIpc) is 2.90. The van der Waals surface area contributed by atoms with Crippen molar-refractivity contribution < 1.29 is 13.9 Å². The molecule has 1 aromatic carbocycles. The number of carbonyl (C=O) groups excluding carboxylic acids is 1. The van der Waals surface area contributed by atoms with Gasteiger partial charge in [0.25, 0.3) is 0 Å². The molecule has 0 fully saturated rings. The molecule has 0 radical (unpaired) electrons. The molecule has 0 saturated carbocycles. The number of carbonyl (C=O) groups is 1. The Labute approximate surface area is 122 Å². The van der Waals surface area contributed by atoms with Gasteiger partial charge in [0.2, 0.25) is 5.76 Å². The summed E-state index contributed by atoms with van der Waals surface area (Å²) >= 11 is 1.45. The van der Waals surface area contributed by atoms with Crippen LogP contribution in [0.5, 0.6) is 0 Å². The maximum absolute atomic E-state index is 11.8. The van der Waals surface area contributed by atoms with Gasteiger partial charge in [0.15, 0.2) is 5.09 Å². The zero-order valence-electron chi connectivity index (χ0n) is 11.5. The highest BCUT2D eigenvalue weighted by molar-refractivity contribution is 7.98. The lowest BCUT2D eigenvalue weighted by Gasteiger charge is -1.99. The molecule has 0 saturated heterocycles. The molecular formula is C16H16O3S. The van der Waals surface area contributed by atoms with Crippen LogP contribution in [0.3, 0.4) is 0 Å². The van der Waals surface area contributed by atoms with E-state index in [4.69, 9.17) is 9.15 Å². The van der Waals surface area contributed by atoms with E-state index in [9.17, 15) is 4.79 Å². The Morgan fingerprint density at radius 3 is 2.70 bits per heavy atom. The predicted molar refractivity (Wildman–Crippen MR) is 81.8 cm³/mol. The lowest BCUT2D eigenvalue weighted by atomic mass is 10.1. The summed E-state index contributed by atoms with van der Waals surface area (Å²) in [6.45, 7) is 2.10. The highest BCUT2D eigenvalue weighted by atomic mass is 32.2. The van der Waals surface area contributed by atoms with Gasteiger partial charge in [0.1, 0.15) is 0 Å². The van der Waals surface area contributed by atoms with E-state index in [1.54, 1.807) is 6.92 Å². The van der Waals surface area contributed by atoms with Crippen molar-refractivity contribution >= 4 is 29.9 Å². The third-order valence-corrected chi connectivity index (χ3v) is 3.26. The molecule has 4 heteroatoms. The van der Waals surface area contributed by atoms with Crippen molar-refractivity contribution in [2.45, 2.75) is 12.0 Å². The molecule has 0 unspecified atom stereocenters. The fourth-order valence-corrected chi connectivity index (χ4v) is 2.12. The topological polar surface area (TPSA) is 39.4 Å². The van der Waals surface area contributed by atoms with E-state index in [-0.39, 0.29) is 5.76 Å². The SMILES string of the molecule is CCOC(=O)c1oc(SC)cc1/C=C/c1ccccc1. The van der Waals surface area contributed by atoms with E-state index < -0.39 is 5.97 Å². The van der Waals surface area contributed by atoms with Crippen molar-refractivity contribution in [1.29, 1.82) is 0 Å². The summed E-state index contributed by atoms with van der Waals surface area (Å²) in [4.78, 5) is 11.8. The number of furan rings is 1. The first kappa shape index (κ1) is 14.5. The summed E-state index contributed by atoms with van der Waals surface area (Å²) in [5, 5.41) is 0.695. The van der Waals surface area contributed by atoms with Gasteiger partial charge < -0.3 is 9.15 Å². The Kier molecular flexibility index (Phi) is 5.07. The largest absolute Gasteiger partial charge is 0.460 e. The lowest BCUT2D eigenvalue weighted by Crippen LogP contribution is -2.04. The number of ether oxygens (including phenoxy) is 1. The van der Waals surface area contributed by atoms with Crippen LogP contribution in [0.2, 0.25) is 0 Å². The Hall–Kier alpha value is -1.94. The molecule has 20 heavy (non-hydrogen) atoms. The van der Waals surface area contributed by atoms with Gasteiger partial charge in [0.05, 0.1) is 6.61 Å². The summed E-state index contributed by atoms with van der Waals surface area (Å²) in [6, 6.07) is 11.7. The van der Waals surface area contributed by atoms with Crippen molar-refractivity contribution in [3.8, 4) is 0 Å². The quantitative estimate of drug-likeness (QED) is 0.606. The van der Waals surface area contributed by atoms with Crippen molar-refractivity contribution in [2.75, 3.05) is 12.9 Å². The third-order valence-electron chi connectivity index (χ3n) is 2.66. The van der Waals surface area contributed by atoms with Gasteiger partial charge >= 0.3 is 5.97 Å². The first-order valence-corrected chi connectivity index (χ1v) is 7.55. The van der Waals surface area contributed by atoms with Crippen LogP contribution in [0.4, 0.5) is 0 Å². The molecule has 0 aliphatic rings. The Morgan fingerprint density at radius 2 is 2.05 bits per heavy atom. The number of esters is 1. The zero-order valence-corrected chi connectivity index (χ0v) is 12.3. The Balaban J connectivity index is 2.28. The molecular weight excluding hydrogens is 272 g/mol. The second-order valence-electron chi connectivity index (χ2n) is 4.02. The lowest BCUT2D eigenvalue weighted by molar-refractivity contribution is 0.0484. The predicted octanol–water partition coefficient (Wildman–Crippen LogP) is 4.35. The van der Waals surface area contributed by atoms with E-state index >= 15 is 0 Å². The molecule has 2 rings (SSSR count). The van der Waals surface area contributed by atoms with Crippen LogP contribution >= 0.6 is 11.8 Å². The molecule has 1 aromatic heterocycles. The molecule has 3 nitrogen and oxygen atoms in total. The van der Waals surface area contributed by atoms with Crippen molar-refractivity contribution in [2.24, 2.45) is 0 Å². The van der Waals surface area contributed by atoms with Crippen LogP contribution in [0.1, 0.15) is 28.6 Å². The highest BCUT2D eigenvalue weighted by Crippen LogP contribution is 2.25. The minimum absolute atomic E-state index is 0.253. The van der Waals surface area contributed by atoms with Gasteiger partial charge in [-0.15, -0.1) is 0 Å². The van der Waals surface area contributed by atoms with E-state index in [1.165, 1.54) is 11.8 Å². The second-order valence-corrected chi connectivity index (χ2v) is 4.83. The monoisotopic (exact) mass is 288 g/mol. The van der Waals surface area contributed by atoms with Crippen LogP contribution in [0, 0.1) is 0 Å². The van der Waals surface area contributed by atoms with Gasteiger partial charge in [0, 0.05) is 5.56 Å². The second kappa shape index (κ2) is 7.01. The number of benzene rings is 1. The summed E-state index contributed by atoms with van der Waals surface area (Å²) in [6.07, 6.45) is 5.71. The number of hydrogen-bond donors (Lipinski definition) is 0. The van der Waals surface area contributed by atoms with Crippen LogP contribution in [-0.4, -0.2) is 18.8 Å². The van der Waals surface area contributed by atoms with E-state index in [2.05, 4.69) is 0 Å². The fraction of sp³-hybridized carbons (Fsp3) is 0.188. The molecule has 0 N–H and O–H groups in total. The van der Waals surface area contributed by atoms with Gasteiger partial charge in [-0.1, -0.05) is 54.2 Å². The molecule has 1 heterocycles. The molecule has 0 aliphatic carbocycles. The first-order valence-electron chi connectivity index (χ1n) is 6.32. The normalized spacial score (nSPS) is 10.9. The minimum atomic E-state index is -0.430. The molecule has 2 aromatic rings. The number of thioether (sulfide) groups is 1. The molecule has 0 atom stereocenters. The minimum Gasteiger partial charge on any atom is -0.460 e. The highest BCUT2D eigenvalue weighted by Gasteiger charge is 2.17. The molecule has 0 aliphatic heterocycles. The van der Waals surface area contributed by atoms with Crippen LogP contribution in [0.15, 0.2) is 45.9 Å². The Bertz CT molecular complexity index is 599. The third kappa shape index (κ3) is 3.54. The van der Waals surface area contributed by atoms with Crippen molar-refractivity contribution in [3.05, 3.63) is 53.3 Å². The average molecular weight is 288 g/mol. The van der Waals surface area contributed by atoms with Gasteiger partial charge in [-0.3, -0.25) is 0 Å². The van der Waals surface area contributed by atoms with Crippen molar-refractivity contribution in [3.63, 3.8) is 0 Å². The van der Waals surface area contributed by atoms with Gasteiger partial charge in [-0.2, -0.15) is 0 Å². The van der Waals surface area contributed by atoms with Crippen LogP contribution < -0.4 is 0 Å². The summed E-state index contributed by atoms with van der Waals surface area (Å²) in [5.74, 6) is -0.177. The van der Waals surface area contributed by atoms with E-state index in [0.29, 0.717) is 11.7 Å². The fourth-order valence-electron chi connectivity index (χ4n) is 1.71. The number of hydrogen-bond acceptors (Lipinski definition) is 4. The van der Waals surface area contributed by atoms with E-state index in [0.717, 1.165) is 11.1 Å².